The average Bonchev–Trinajstić information content (AvgIpc) is 2.97. The Hall–Kier alpha value is -2.21. The Morgan fingerprint density at radius 1 is 1.52 bits per heavy atom. The minimum absolute atomic E-state index is 0.335. The molecule has 0 aliphatic heterocycles. The first-order chi connectivity index (χ1) is 10.1. The summed E-state index contributed by atoms with van der Waals surface area (Å²) in [5, 5.41) is 7.68. The summed E-state index contributed by atoms with van der Waals surface area (Å²) in [5.74, 6) is -0.473. The number of aromatic nitrogens is 2. The van der Waals surface area contributed by atoms with Crippen molar-refractivity contribution in [2.24, 2.45) is 0 Å². The Labute approximate surface area is 127 Å². The van der Waals surface area contributed by atoms with Crippen LogP contribution >= 0.6 is 11.6 Å². The van der Waals surface area contributed by atoms with Gasteiger partial charge in [-0.15, -0.1) is 0 Å². The van der Waals surface area contributed by atoms with Crippen LogP contribution in [0.15, 0.2) is 30.6 Å². The zero-order valence-corrected chi connectivity index (χ0v) is 12.4. The number of anilines is 2. The lowest BCUT2D eigenvalue weighted by atomic mass is 10.1. The third kappa shape index (κ3) is 3.88. The highest BCUT2D eigenvalue weighted by Gasteiger charge is 2.15. The molecule has 0 saturated carbocycles. The van der Waals surface area contributed by atoms with Crippen LogP contribution in [-0.2, 0) is 11.3 Å². The van der Waals surface area contributed by atoms with Crippen LogP contribution in [0.3, 0.4) is 0 Å². The van der Waals surface area contributed by atoms with Gasteiger partial charge in [-0.3, -0.25) is 4.68 Å². The number of benzene rings is 1. The number of nitrogens with one attached hydrogen (secondary N) is 1. The van der Waals surface area contributed by atoms with Crippen molar-refractivity contribution in [2.75, 3.05) is 24.7 Å². The lowest BCUT2D eigenvalue weighted by Gasteiger charge is -2.13. The standard InChI is InChI=1S/C14H17ClN4O2/c1-21-14(20)11-8-10(16)9-12(15)13(11)17-4-2-6-19-7-3-5-18-19/h3,5,7-9,17H,2,4,6,16H2,1H3. The minimum atomic E-state index is -0.473. The van der Waals surface area contributed by atoms with E-state index in [0.717, 1.165) is 13.0 Å². The Kier molecular flexibility index (Phi) is 5.05. The molecule has 0 radical (unpaired) electrons. The van der Waals surface area contributed by atoms with Crippen molar-refractivity contribution in [3.05, 3.63) is 41.2 Å². The summed E-state index contributed by atoms with van der Waals surface area (Å²) in [5.41, 5.74) is 7.00. The van der Waals surface area contributed by atoms with Crippen LogP contribution in [0.4, 0.5) is 11.4 Å². The molecule has 1 aromatic heterocycles. The molecule has 2 rings (SSSR count). The first-order valence-corrected chi connectivity index (χ1v) is 6.88. The number of ether oxygens (including phenoxy) is 1. The molecular weight excluding hydrogens is 292 g/mol. The predicted molar refractivity (Wildman–Crippen MR) is 82.5 cm³/mol. The number of rotatable bonds is 6. The number of halogens is 1. The number of nitrogen functional groups attached to an aromatic ring is 1. The number of carbonyl (C=O) groups excluding carboxylic acids is 1. The topological polar surface area (TPSA) is 82.2 Å². The number of methoxy groups -OCH3 is 1. The van der Waals surface area contributed by atoms with Gasteiger partial charge in [0.2, 0.25) is 0 Å². The summed E-state index contributed by atoms with van der Waals surface area (Å²) in [7, 11) is 1.32. The van der Waals surface area contributed by atoms with E-state index in [1.165, 1.54) is 7.11 Å². The van der Waals surface area contributed by atoms with Crippen LogP contribution in [0.1, 0.15) is 16.8 Å². The highest BCUT2D eigenvalue weighted by atomic mass is 35.5. The highest BCUT2D eigenvalue weighted by Crippen LogP contribution is 2.29. The molecule has 0 amide bonds. The van der Waals surface area contributed by atoms with E-state index in [9.17, 15) is 4.79 Å². The summed E-state index contributed by atoms with van der Waals surface area (Å²) in [6.45, 7) is 1.42. The molecule has 2 aromatic rings. The summed E-state index contributed by atoms with van der Waals surface area (Å²) in [6.07, 6.45) is 4.47. The van der Waals surface area contributed by atoms with Crippen molar-refractivity contribution in [2.45, 2.75) is 13.0 Å². The Morgan fingerprint density at radius 3 is 3.00 bits per heavy atom. The molecule has 0 bridgehead atoms. The Balaban J connectivity index is 2.03. The molecule has 0 spiro atoms. The number of esters is 1. The molecule has 6 nitrogen and oxygen atoms in total. The molecular formula is C14H17ClN4O2. The molecule has 0 saturated heterocycles. The van der Waals surface area contributed by atoms with Crippen molar-refractivity contribution in [1.82, 2.24) is 9.78 Å². The number of nitrogens with two attached hydrogens (primary N) is 1. The van der Waals surface area contributed by atoms with Crippen LogP contribution < -0.4 is 11.1 Å². The summed E-state index contributed by atoms with van der Waals surface area (Å²) in [4.78, 5) is 11.8. The maximum absolute atomic E-state index is 11.8. The zero-order valence-electron chi connectivity index (χ0n) is 11.7. The Morgan fingerprint density at radius 2 is 2.33 bits per heavy atom. The zero-order chi connectivity index (χ0) is 15.2. The molecule has 21 heavy (non-hydrogen) atoms. The van der Waals surface area contributed by atoms with E-state index >= 15 is 0 Å². The fourth-order valence-electron chi connectivity index (χ4n) is 1.97. The van der Waals surface area contributed by atoms with Crippen LogP contribution in [0.5, 0.6) is 0 Å². The first kappa shape index (κ1) is 15.2. The van der Waals surface area contributed by atoms with Gasteiger partial charge in [0.15, 0.2) is 0 Å². The second-order valence-corrected chi connectivity index (χ2v) is 4.87. The largest absolute Gasteiger partial charge is 0.465 e. The number of nitrogens with zero attached hydrogens (tertiary/aromatic N) is 2. The van der Waals surface area contributed by atoms with E-state index in [1.807, 2.05) is 16.9 Å². The number of aryl methyl sites for hydroxylation is 1. The normalized spacial score (nSPS) is 10.4. The van der Waals surface area contributed by atoms with Crippen LogP contribution in [0.2, 0.25) is 5.02 Å². The van der Waals surface area contributed by atoms with Crippen LogP contribution in [0, 0.1) is 0 Å². The van der Waals surface area contributed by atoms with Gasteiger partial charge in [-0.1, -0.05) is 11.6 Å². The van der Waals surface area contributed by atoms with Gasteiger partial charge >= 0.3 is 5.97 Å². The van der Waals surface area contributed by atoms with Crippen molar-refractivity contribution in [3.63, 3.8) is 0 Å². The molecule has 0 aliphatic rings. The lowest BCUT2D eigenvalue weighted by molar-refractivity contribution is 0.0602. The maximum Gasteiger partial charge on any atom is 0.340 e. The number of hydrogen-bond donors (Lipinski definition) is 2. The van der Waals surface area contributed by atoms with Crippen molar-refractivity contribution >= 4 is 28.9 Å². The van der Waals surface area contributed by atoms with Crippen LogP contribution in [-0.4, -0.2) is 29.4 Å². The van der Waals surface area contributed by atoms with E-state index < -0.39 is 5.97 Å². The quantitative estimate of drug-likeness (QED) is 0.486. The van der Waals surface area contributed by atoms with Gasteiger partial charge in [0.1, 0.15) is 0 Å². The molecule has 7 heteroatoms. The second kappa shape index (κ2) is 6.99. The van der Waals surface area contributed by atoms with Gasteiger partial charge in [-0.2, -0.15) is 5.10 Å². The third-order valence-corrected chi connectivity index (χ3v) is 3.24. The SMILES string of the molecule is COC(=O)c1cc(N)cc(Cl)c1NCCCn1cccn1. The maximum atomic E-state index is 11.8. The molecule has 3 N–H and O–H groups in total. The fraction of sp³-hybridized carbons (Fsp3) is 0.286. The molecule has 112 valence electrons. The number of carbonyl (C=O) groups is 1. The van der Waals surface area contributed by atoms with Crippen molar-refractivity contribution in [3.8, 4) is 0 Å². The smallest absolute Gasteiger partial charge is 0.340 e. The predicted octanol–water partition coefficient (Wildman–Crippen LogP) is 2.41. The van der Waals surface area contributed by atoms with Gasteiger partial charge in [-0.25, -0.2) is 4.79 Å². The van der Waals surface area contributed by atoms with Crippen molar-refractivity contribution < 1.29 is 9.53 Å². The summed E-state index contributed by atoms with van der Waals surface area (Å²) in [6, 6.07) is 5.02. The second-order valence-electron chi connectivity index (χ2n) is 4.47. The van der Waals surface area contributed by atoms with E-state index in [0.29, 0.717) is 28.5 Å². The molecule has 1 aromatic carbocycles. The van der Waals surface area contributed by atoms with Gasteiger partial charge in [0.05, 0.1) is 23.4 Å². The first-order valence-electron chi connectivity index (χ1n) is 6.50. The van der Waals surface area contributed by atoms with E-state index in [-0.39, 0.29) is 0 Å². The molecule has 1 heterocycles. The summed E-state index contributed by atoms with van der Waals surface area (Å²) < 4.78 is 6.59. The van der Waals surface area contributed by atoms with Gasteiger partial charge in [0.25, 0.3) is 0 Å². The van der Waals surface area contributed by atoms with E-state index in [2.05, 4.69) is 10.4 Å². The van der Waals surface area contributed by atoms with E-state index in [4.69, 9.17) is 22.1 Å². The highest BCUT2D eigenvalue weighted by molar-refractivity contribution is 6.34. The Bertz CT molecular complexity index is 614. The van der Waals surface area contributed by atoms with Gasteiger partial charge in [-0.05, 0) is 24.6 Å². The monoisotopic (exact) mass is 308 g/mol. The average molecular weight is 309 g/mol. The minimum Gasteiger partial charge on any atom is -0.465 e. The van der Waals surface area contributed by atoms with E-state index in [1.54, 1.807) is 18.3 Å². The molecule has 0 atom stereocenters. The summed E-state index contributed by atoms with van der Waals surface area (Å²) >= 11 is 6.15. The van der Waals surface area contributed by atoms with Crippen LogP contribution in [0.25, 0.3) is 0 Å². The fourth-order valence-corrected chi connectivity index (χ4v) is 2.26. The van der Waals surface area contributed by atoms with Gasteiger partial charge in [0, 0.05) is 31.2 Å². The van der Waals surface area contributed by atoms with Crippen molar-refractivity contribution in [1.29, 1.82) is 0 Å². The van der Waals surface area contributed by atoms with Gasteiger partial charge < -0.3 is 15.8 Å². The molecule has 0 aliphatic carbocycles. The number of hydrogen-bond acceptors (Lipinski definition) is 5. The molecule has 0 fully saturated rings. The molecule has 0 unspecified atom stereocenters. The lowest BCUT2D eigenvalue weighted by Crippen LogP contribution is -2.12. The third-order valence-electron chi connectivity index (χ3n) is 2.94.